The summed E-state index contributed by atoms with van der Waals surface area (Å²) in [4.78, 5) is 2.26. The molecule has 0 aromatic heterocycles. The standard InChI is InChI=1S/C21H28N2O3S/c1-18-7-9-20(10-8-18)17-27(24,25)23-13-11-22(12-14-23)15-16-26-21-6-4-3-5-19(21)2/h3-10H,11-17H2,1-2H3. The van der Waals surface area contributed by atoms with Crippen LogP contribution in [0.3, 0.4) is 0 Å². The SMILES string of the molecule is Cc1ccc(CS(=O)(=O)N2CCN(CCOc3ccccc3C)CC2)cc1. The normalized spacial score (nSPS) is 16.4. The molecule has 0 amide bonds. The van der Waals surface area contributed by atoms with Crippen molar-refractivity contribution in [1.29, 1.82) is 0 Å². The number of benzene rings is 2. The van der Waals surface area contributed by atoms with Crippen molar-refractivity contribution in [3.8, 4) is 5.75 Å². The van der Waals surface area contributed by atoms with E-state index in [1.54, 1.807) is 4.31 Å². The van der Waals surface area contributed by atoms with Crippen LogP contribution in [0.5, 0.6) is 5.75 Å². The molecular formula is C21H28N2O3S. The quantitative estimate of drug-likeness (QED) is 0.732. The summed E-state index contributed by atoms with van der Waals surface area (Å²) in [6.45, 7) is 8.01. The second kappa shape index (κ2) is 8.87. The molecule has 0 radical (unpaired) electrons. The van der Waals surface area contributed by atoms with Crippen molar-refractivity contribution in [2.24, 2.45) is 0 Å². The summed E-state index contributed by atoms with van der Waals surface area (Å²) in [7, 11) is -3.27. The van der Waals surface area contributed by atoms with E-state index in [1.165, 1.54) is 0 Å². The number of piperazine rings is 1. The molecule has 6 heteroatoms. The van der Waals surface area contributed by atoms with Crippen LogP contribution < -0.4 is 4.74 Å². The predicted molar refractivity (Wildman–Crippen MR) is 108 cm³/mol. The van der Waals surface area contributed by atoms with Crippen molar-refractivity contribution in [2.75, 3.05) is 39.3 Å². The average molecular weight is 389 g/mol. The molecule has 0 unspecified atom stereocenters. The summed E-state index contributed by atoms with van der Waals surface area (Å²) in [5.41, 5.74) is 3.11. The molecule has 0 atom stereocenters. The lowest BCUT2D eigenvalue weighted by atomic mass is 10.2. The van der Waals surface area contributed by atoms with E-state index in [9.17, 15) is 8.42 Å². The Hall–Kier alpha value is -1.89. The molecule has 1 aliphatic rings. The molecule has 1 aliphatic heterocycles. The summed E-state index contributed by atoms with van der Waals surface area (Å²) in [5, 5.41) is 0. The number of nitrogens with zero attached hydrogens (tertiary/aromatic N) is 2. The first-order valence-corrected chi connectivity index (χ1v) is 11.0. The van der Waals surface area contributed by atoms with Gasteiger partial charge in [0, 0.05) is 32.7 Å². The topological polar surface area (TPSA) is 49.9 Å². The molecule has 2 aromatic carbocycles. The molecule has 0 N–H and O–H groups in total. The summed E-state index contributed by atoms with van der Waals surface area (Å²) in [6.07, 6.45) is 0. The van der Waals surface area contributed by atoms with Crippen LogP contribution in [0, 0.1) is 13.8 Å². The van der Waals surface area contributed by atoms with Crippen LogP contribution in [-0.4, -0.2) is 57.0 Å². The molecule has 0 bridgehead atoms. The Bertz CT molecular complexity index is 842. The van der Waals surface area contributed by atoms with Gasteiger partial charge in [-0.25, -0.2) is 8.42 Å². The lowest BCUT2D eigenvalue weighted by Crippen LogP contribution is -2.49. The van der Waals surface area contributed by atoms with Gasteiger partial charge < -0.3 is 4.74 Å². The maximum Gasteiger partial charge on any atom is 0.218 e. The molecule has 146 valence electrons. The zero-order valence-corrected chi connectivity index (χ0v) is 16.9. The Kier molecular flexibility index (Phi) is 6.52. The number of hydrogen-bond acceptors (Lipinski definition) is 4. The van der Waals surface area contributed by atoms with E-state index >= 15 is 0 Å². The number of rotatable bonds is 7. The number of aryl methyl sites for hydroxylation is 2. The monoisotopic (exact) mass is 388 g/mol. The van der Waals surface area contributed by atoms with Gasteiger partial charge in [0.05, 0.1) is 5.75 Å². The summed E-state index contributed by atoms with van der Waals surface area (Å²) >= 11 is 0. The van der Waals surface area contributed by atoms with Gasteiger partial charge in [-0.3, -0.25) is 4.90 Å². The molecule has 3 rings (SSSR count). The lowest BCUT2D eigenvalue weighted by molar-refractivity contribution is 0.158. The van der Waals surface area contributed by atoms with E-state index in [2.05, 4.69) is 4.90 Å². The molecular weight excluding hydrogens is 360 g/mol. The number of ether oxygens (including phenoxy) is 1. The Morgan fingerprint density at radius 2 is 1.59 bits per heavy atom. The summed E-state index contributed by atoms with van der Waals surface area (Å²) in [6, 6.07) is 15.7. The van der Waals surface area contributed by atoms with Crippen molar-refractivity contribution in [3.63, 3.8) is 0 Å². The van der Waals surface area contributed by atoms with Gasteiger partial charge in [-0.2, -0.15) is 4.31 Å². The van der Waals surface area contributed by atoms with Gasteiger partial charge >= 0.3 is 0 Å². The van der Waals surface area contributed by atoms with E-state index in [-0.39, 0.29) is 5.75 Å². The second-order valence-electron chi connectivity index (χ2n) is 7.10. The number of sulfonamides is 1. The zero-order valence-electron chi connectivity index (χ0n) is 16.1. The molecule has 0 spiro atoms. The molecule has 5 nitrogen and oxygen atoms in total. The van der Waals surface area contributed by atoms with Gasteiger partial charge in [0.15, 0.2) is 0 Å². The van der Waals surface area contributed by atoms with E-state index in [0.717, 1.165) is 42.1 Å². The van der Waals surface area contributed by atoms with Crippen molar-refractivity contribution >= 4 is 10.0 Å². The fourth-order valence-corrected chi connectivity index (χ4v) is 4.74. The first-order chi connectivity index (χ1) is 12.9. The number of para-hydroxylation sites is 1. The smallest absolute Gasteiger partial charge is 0.218 e. The van der Waals surface area contributed by atoms with Crippen LogP contribution >= 0.6 is 0 Å². The van der Waals surface area contributed by atoms with Crippen molar-refractivity contribution in [3.05, 3.63) is 65.2 Å². The molecule has 1 heterocycles. The first kappa shape index (κ1) is 19.9. The highest BCUT2D eigenvalue weighted by molar-refractivity contribution is 7.88. The highest BCUT2D eigenvalue weighted by Crippen LogP contribution is 2.17. The van der Waals surface area contributed by atoms with Crippen LogP contribution in [0.1, 0.15) is 16.7 Å². The summed E-state index contributed by atoms with van der Waals surface area (Å²) < 4.78 is 32.8. The maximum atomic E-state index is 12.7. The van der Waals surface area contributed by atoms with Crippen LogP contribution in [0.2, 0.25) is 0 Å². The largest absolute Gasteiger partial charge is 0.492 e. The van der Waals surface area contributed by atoms with Gasteiger partial charge in [0.2, 0.25) is 10.0 Å². The van der Waals surface area contributed by atoms with Gasteiger partial charge in [0.1, 0.15) is 12.4 Å². The lowest BCUT2D eigenvalue weighted by Gasteiger charge is -2.33. The van der Waals surface area contributed by atoms with E-state index in [1.807, 2.05) is 62.4 Å². The second-order valence-corrected chi connectivity index (χ2v) is 9.07. The Labute approximate surface area is 162 Å². The third-order valence-corrected chi connectivity index (χ3v) is 6.80. The Morgan fingerprint density at radius 1 is 0.926 bits per heavy atom. The van der Waals surface area contributed by atoms with Crippen LogP contribution in [0.15, 0.2) is 48.5 Å². The fourth-order valence-electron chi connectivity index (χ4n) is 3.22. The third kappa shape index (κ3) is 5.54. The molecule has 0 saturated carbocycles. The highest BCUT2D eigenvalue weighted by Gasteiger charge is 2.26. The molecule has 2 aromatic rings. The van der Waals surface area contributed by atoms with Gasteiger partial charge in [-0.15, -0.1) is 0 Å². The molecule has 27 heavy (non-hydrogen) atoms. The van der Waals surface area contributed by atoms with Gasteiger partial charge in [0.25, 0.3) is 0 Å². The van der Waals surface area contributed by atoms with Crippen molar-refractivity contribution < 1.29 is 13.2 Å². The molecule has 0 aliphatic carbocycles. The minimum atomic E-state index is -3.27. The van der Waals surface area contributed by atoms with E-state index in [4.69, 9.17) is 4.74 Å². The van der Waals surface area contributed by atoms with E-state index in [0.29, 0.717) is 19.7 Å². The predicted octanol–water partition coefficient (Wildman–Crippen LogP) is 2.83. The third-order valence-electron chi connectivity index (χ3n) is 4.95. The maximum absolute atomic E-state index is 12.7. The number of hydrogen-bond donors (Lipinski definition) is 0. The average Bonchev–Trinajstić information content (AvgIpc) is 2.65. The minimum absolute atomic E-state index is 0.0731. The van der Waals surface area contributed by atoms with Crippen LogP contribution in [-0.2, 0) is 15.8 Å². The fraction of sp³-hybridized carbons (Fsp3) is 0.429. The summed E-state index contributed by atoms with van der Waals surface area (Å²) in [5.74, 6) is 0.987. The van der Waals surface area contributed by atoms with Crippen molar-refractivity contribution in [1.82, 2.24) is 9.21 Å². The van der Waals surface area contributed by atoms with Crippen LogP contribution in [0.4, 0.5) is 0 Å². The van der Waals surface area contributed by atoms with E-state index < -0.39 is 10.0 Å². The van der Waals surface area contributed by atoms with Gasteiger partial charge in [-0.05, 0) is 31.0 Å². The Morgan fingerprint density at radius 3 is 2.26 bits per heavy atom. The van der Waals surface area contributed by atoms with Crippen molar-refractivity contribution in [2.45, 2.75) is 19.6 Å². The first-order valence-electron chi connectivity index (χ1n) is 9.38. The van der Waals surface area contributed by atoms with Gasteiger partial charge in [-0.1, -0.05) is 48.0 Å². The molecule has 1 saturated heterocycles. The Balaban J connectivity index is 1.45. The zero-order chi connectivity index (χ0) is 19.3. The minimum Gasteiger partial charge on any atom is -0.492 e. The molecule has 1 fully saturated rings. The van der Waals surface area contributed by atoms with Crippen LogP contribution in [0.25, 0.3) is 0 Å². The highest BCUT2D eigenvalue weighted by atomic mass is 32.2.